The van der Waals surface area contributed by atoms with Gasteiger partial charge in [0.2, 0.25) is 0 Å². The number of rotatable bonds is 5. The Morgan fingerprint density at radius 2 is 1.15 bits per heavy atom. The van der Waals surface area contributed by atoms with Crippen LogP contribution in [0, 0.1) is 20.8 Å². The molecule has 0 radical (unpaired) electrons. The number of H-pyrrole nitrogens is 1. The van der Waals surface area contributed by atoms with Crippen LogP contribution in [-0.4, -0.2) is 9.97 Å². The van der Waals surface area contributed by atoms with Gasteiger partial charge < -0.3 is 4.98 Å². The van der Waals surface area contributed by atoms with Crippen molar-refractivity contribution < 1.29 is 0 Å². The predicted octanol–water partition coefficient (Wildman–Crippen LogP) is 8.14. The highest BCUT2D eigenvalue weighted by atomic mass is 15.2. The highest BCUT2D eigenvalue weighted by molar-refractivity contribution is 5.87. The number of aromatic nitrogens is 2. The molecule has 0 amide bonds. The molecule has 0 saturated heterocycles. The van der Waals surface area contributed by atoms with E-state index in [-0.39, 0.29) is 0 Å². The number of para-hydroxylation sites is 1. The molecule has 162 valence electrons. The van der Waals surface area contributed by atoms with Gasteiger partial charge >= 0.3 is 0 Å². The molecule has 4 aromatic carbocycles. The summed E-state index contributed by atoms with van der Waals surface area (Å²) in [5, 5.41) is 0. The van der Waals surface area contributed by atoms with Crippen LogP contribution in [0.25, 0.3) is 22.6 Å². The van der Waals surface area contributed by atoms with E-state index in [4.69, 9.17) is 4.98 Å². The fourth-order valence-corrected chi connectivity index (χ4v) is 4.52. The maximum atomic E-state index is 5.18. The van der Waals surface area contributed by atoms with Crippen LogP contribution >= 0.6 is 0 Å². The molecule has 1 heterocycles. The number of anilines is 3. The third-order valence-electron chi connectivity index (χ3n) is 5.88. The maximum Gasteiger partial charge on any atom is 0.164 e. The van der Waals surface area contributed by atoms with E-state index in [2.05, 4.69) is 110 Å². The monoisotopic (exact) mass is 429 g/mol. The summed E-state index contributed by atoms with van der Waals surface area (Å²) in [6, 6.07) is 35.7. The minimum atomic E-state index is 0.854. The zero-order valence-electron chi connectivity index (χ0n) is 19.2. The van der Waals surface area contributed by atoms with E-state index in [1.54, 1.807) is 0 Å². The molecule has 0 aliphatic rings. The van der Waals surface area contributed by atoms with Crippen LogP contribution in [0.1, 0.15) is 16.7 Å². The molecule has 0 unspecified atom stereocenters. The fraction of sp³-hybridized carbons (Fsp3) is 0.100. The zero-order valence-corrected chi connectivity index (χ0v) is 19.2. The van der Waals surface area contributed by atoms with E-state index in [9.17, 15) is 0 Å². The molecule has 5 aromatic rings. The summed E-state index contributed by atoms with van der Waals surface area (Å²) in [4.78, 5) is 11.1. The first-order valence-corrected chi connectivity index (χ1v) is 11.3. The molecular formula is C30H27N3. The van der Waals surface area contributed by atoms with Gasteiger partial charge in [-0.1, -0.05) is 96.6 Å². The molecule has 0 aliphatic heterocycles. The number of nitrogens with zero attached hydrogens (tertiary/aromatic N) is 2. The Kier molecular flexibility index (Phi) is 5.54. The number of hydrogen-bond acceptors (Lipinski definition) is 2. The standard InChI is InChI=1S/C30H27N3/c1-21-19-22(2)28(23(3)20-21)33(26-17-11-6-12-18-26)30-27(24-13-7-4-8-14-24)31-29(32-30)25-15-9-5-10-16-25/h4-20H,1-3H3,(H,31,32). The van der Waals surface area contributed by atoms with Gasteiger partial charge in [0.15, 0.2) is 5.82 Å². The van der Waals surface area contributed by atoms with Gasteiger partial charge in [-0.3, -0.25) is 4.90 Å². The van der Waals surface area contributed by atoms with Crippen molar-refractivity contribution in [2.45, 2.75) is 20.8 Å². The highest BCUT2D eigenvalue weighted by Crippen LogP contribution is 2.43. The molecule has 33 heavy (non-hydrogen) atoms. The Balaban J connectivity index is 1.81. The summed E-state index contributed by atoms with van der Waals surface area (Å²) in [5.74, 6) is 1.74. The molecule has 0 spiro atoms. The first-order chi connectivity index (χ1) is 16.1. The molecule has 3 heteroatoms. The summed E-state index contributed by atoms with van der Waals surface area (Å²) in [6.07, 6.45) is 0. The van der Waals surface area contributed by atoms with Gasteiger partial charge in [0.25, 0.3) is 0 Å². The number of hydrogen-bond donors (Lipinski definition) is 1. The third kappa shape index (κ3) is 4.06. The lowest BCUT2D eigenvalue weighted by Crippen LogP contribution is -2.14. The highest BCUT2D eigenvalue weighted by Gasteiger charge is 2.24. The minimum absolute atomic E-state index is 0.854. The molecule has 0 fully saturated rings. The van der Waals surface area contributed by atoms with Crippen LogP contribution in [0.3, 0.4) is 0 Å². The summed E-state index contributed by atoms with van der Waals surface area (Å²) in [6.45, 7) is 6.50. The van der Waals surface area contributed by atoms with Crippen molar-refractivity contribution in [3.8, 4) is 22.6 Å². The number of benzene rings is 4. The van der Waals surface area contributed by atoms with E-state index in [1.165, 1.54) is 16.7 Å². The van der Waals surface area contributed by atoms with E-state index < -0.39 is 0 Å². The first kappa shape index (κ1) is 20.8. The van der Waals surface area contributed by atoms with Crippen LogP contribution in [0.4, 0.5) is 17.2 Å². The number of aromatic amines is 1. The van der Waals surface area contributed by atoms with Gasteiger partial charge in [-0.05, 0) is 44.0 Å². The third-order valence-corrected chi connectivity index (χ3v) is 5.88. The Labute approximate surface area is 195 Å². The smallest absolute Gasteiger partial charge is 0.164 e. The Bertz CT molecular complexity index is 1350. The molecule has 5 rings (SSSR count). The molecule has 0 saturated carbocycles. The van der Waals surface area contributed by atoms with Gasteiger partial charge in [0.1, 0.15) is 5.82 Å². The lowest BCUT2D eigenvalue weighted by atomic mass is 10.0. The zero-order chi connectivity index (χ0) is 22.8. The predicted molar refractivity (Wildman–Crippen MR) is 138 cm³/mol. The topological polar surface area (TPSA) is 31.9 Å². The van der Waals surface area contributed by atoms with E-state index >= 15 is 0 Å². The molecule has 3 nitrogen and oxygen atoms in total. The summed E-state index contributed by atoms with van der Waals surface area (Å²) < 4.78 is 0. The van der Waals surface area contributed by atoms with E-state index in [0.29, 0.717) is 0 Å². The van der Waals surface area contributed by atoms with Crippen LogP contribution in [0.2, 0.25) is 0 Å². The Morgan fingerprint density at radius 1 is 0.636 bits per heavy atom. The second kappa shape index (κ2) is 8.79. The first-order valence-electron chi connectivity index (χ1n) is 11.3. The molecule has 0 atom stereocenters. The van der Waals surface area contributed by atoms with Crippen molar-refractivity contribution in [2.75, 3.05) is 4.90 Å². The number of nitrogens with one attached hydrogen (secondary N) is 1. The van der Waals surface area contributed by atoms with Crippen molar-refractivity contribution in [1.82, 2.24) is 9.97 Å². The van der Waals surface area contributed by atoms with Crippen LogP contribution in [0.15, 0.2) is 103 Å². The number of aryl methyl sites for hydroxylation is 3. The Hall–Kier alpha value is -4.11. The van der Waals surface area contributed by atoms with Crippen molar-refractivity contribution in [2.24, 2.45) is 0 Å². The molecule has 1 aromatic heterocycles. The average molecular weight is 430 g/mol. The molecular weight excluding hydrogens is 402 g/mol. The minimum Gasteiger partial charge on any atom is -0.336 e. The molecule has 1 N–H and O–H groups in total. The normalized spacial score (nSPS) is 10.9. The molecule has 0 aliphatic carbocycles. The van der Waals surface area contributed by atoms with E-state index in [0.717, 1.165) is 39.8 Å². The van der Waals surface area contributed by atoms with Gasteiger partial charge in [-0.25, -0.2) is 4.98 Å². The van der Waals surface area contributed by atoms with Crippen LogP contribution in [-0.2, 0) is 0 Å². The van der Waals surface area contributed by atoms with Gasteiger partial charge in [0, 0.05) is 16.8 Å². The lowest BCUT2D eigenvalue weighted by molar-refractivity contribution is 1.17. The van der Waals surface area contributed by atoms with Crippen molar-refractivity contribution in [3.63, 3.8) is 0 Å². The Morgan fingerprint density at radius 3 is 1.73 bits per heavy atom. The van der Waals surface area contributed by atoms with Gasteiger partial charge in [0.05, 0.1) is 11.4 Å². The number of imidazole rings is 1. The second-order valence-corrected chi connectivity index (χ2v) is 8.43. The van der Waals surface area contributed by atoms with Gasteiger partial charge in [-0.15, -0.1) is 0 Å². The summed E-state index contributed by atoms with van der Waals surface area (Å²) in [5.41, 5.74) is 9.11. The van der Waals surface area contributed by atoms with E-state index in [1.807, 2.05) is 24.3 Å². The van der Waals surface area contributed by atoms with Crippen molar-refractivity contribution in [1.29, 1.82) is 0 Å². The maximum absolute atomic E-state index is 5.18. The van der Waals surface area contributed by atoms with Crippen molar-refractivity contribution in [3.05, 3.63) is 120 Å². The SMILES string of the molecule is Cc1cc(C)c(N(c2ccccc2)c2nc(-c3ccccc3)[nH]c2-c2ccccc2)c(C)c1. The van der Waals surface area contributed by atoms with Crippen LogP contribution < -0.4 is 4.90 Å². The van der Waals surface area contributed by atoms with Crippen LogP contribution in [0.5, 0.6) is 0 Å². The second-order valence-electron chi connectivity index (χ2n) is 8.43. The van der Waals surface area contributed by atoms with Gasteiger partial charge in [-0.2, -0.15) is 0 Å². The summed E-state index contributed by atoms with van der Waals surface area (Å²) in [7, 11) is 0. The quantitative estimate of drug-likeness (QED) is 0.306. The fourth-order valence-electron chi connectivity index (χ4n) is 4.52. The molecule has 0 bridgehead atoms. The lowest BCUT2D eigenvalue weighted by Gasteiger charge is -2.28. The largest absolute Gasteiger partial charge is 0.336 e. The average Bonchev–Trinajstić information content (AvgIpc) is 3.28. The summed E-state index contributed by atoms with van der Waals surface area (Å²) >= 11 is 0. The van der Waals surface area contributed by atoms with Crippen molar-refractivity contribution >= 4 is 17.2 Å².